The summed E-state index contributed by atoms with van der Waals surface area (Å²) in [5, 5.41) is 0.274. The van der Waals surface area contributed by atoms with Gasteiger partial charge in [0.1, 0.15) is 11.2 Å². The predicted octanol–water partition coefficient (Wildman–Crippen LogP) is 13.2. The van der Waals surface area contributed by atoms with Crippen LogP contribution in [-0.4, -0.2) is 19.5 Å². The Morgan fingerprint density at radius 1 is 0.393 bits per heavy atom. The molecule has 262 valence electrons. The van der Waals surface area contributed by atoms with Gasteiger partial charge < -0.3 is 8.98 Å². The van der Waals surface area contributed by atoms with E-state index in [1.807, 2.05) is 48.5 Å². The van der Waals surface area contributed by atoms with Crippen LogP contribution in [0.15, 0.2) is 198 Å². The first-order valence-corrected chi connectivity index (χ1v) is 17.1. The predicted molar refractivity (Wildman–Crippen MR) is 229 cm³/mol. The normalized spacial score (nSPS) is 16.8. The maximum Gasteiger partial charge on any atom is 0.164 e. The van der Waals surface area contributed by atoms with Crippen molar-refractivity contribution in [3.63, 3.8) is 0 Å². The Bertz CT molecular complexity index is 4420. The quantitative estimate of drug-likeness (QED) is 0.170. The molecule has 3 aromatic heterocycles. The van der Waals surface area contributed by atoms with Crippen molar-refractivity contribution in [3.05, 3.63) is 194 Å². The lowest BCUT2D eigenvalue weighted by molar-refractivity contribution is 0.671. The minimum atomic E-state index is -0.926. The third-order valence-corrected chi connectivity index (χ3v) is 9.18. The minimum Gasteiger partial charge on any atom is -0.455 e. The third-order valence-electron chi connectivity index (χ3n) is 9.18. The molecule has 5 heteroatoms. The van der Waals surface area contributed by atoms with Gasteiger partial charge in [0.05, 0.1) is 39.8 Å². The van der Waals surface area contributed by atoms with E-state index >= 15 is 0 Å². The number of benzene rings is 8. The fourth-order valence-corrected chi connectivity index (χ4v) is 6.73. The molecule has 56 heavy (non-hydrogen) atoms. The van der Waals surface area contributed by atoms with Crippen LogP contribution < -0.4 is 0 Å². The van der Waals surface area contributed by atoms with Gasteiger partial charge in [-0.15, -0.1) is 0 Å². The molecule has 0 spiro atoms. The molecule has 0 bridgehead atoms. The smallest absolute Gasteiger partial charge is 0.164 e. The molecule has 0 saturated carbocycles. The van der Waals surface area contributed by atoms with Gasteiger partial charge in [-0.3, -0.25) is 0 Å². The summed E-state index contributed by atoms with van der Waals surface area (Å²) in [6.07, 6.45) is 0. The number of fused-ring (bicyclic) bond motifs is 6. The van der Waals surface area contributed by atoms with Crippen LogP contribution in [0, 0.1) is 0 Å². The van der Waals surface area contributed by atoms with Gasteiger partial charge in [-0.2, -0.15) is 0 Å². The Labute approximate surface area is 352 Å². The van der Waals surface area contributed by atoms with Gasteiger partial charge in [0.2, 0.25) is 0 Å². The average molecular weight is 738 g/mol. The number of hydrogen-bond donors (Lipinski definition) is 0. The number of nitrogens with zero attached hydrogens (tertiary/aromatic N) is 4. The second kappa shape index (κ2) is 13.0. The van der Waals surface area contributed by atoms with Crippen LogP contribution in [0.1, 0.15) is 28.8 Å². The van der Waals surface area contributed by atoms with Gasteiger partial charge in [-0.25, -0.2) is 15.0 Å². The first kappa shape index (κ1) is 17.2. The van der Waals surface area contributed by atoms with Crippen LogP contribution >= 0.6 is 0 Å². The summed E-state index contributed by atoms with van der Waals surface area (Å²) in [6.45, 7) is 0. The summed E-state index contributed by atoms with van der Waals surface area (Å²) in [4.78, 5) is 13.4. The second-order valence-corrected chi connectivity index (χ2v) is 12.4. The van der Waals surface area contributed by atoms with Gasteiger partial charge in [-0.05, 0) is 53.4 Å². The fourth-order valence-electron chi connectivity index (χ4n) is 6.73. The minimum absolute atomic E-state index is 0.147. The maximum absolute atomic E-state index is 9.84. The van der Waals surface area contributed by atoms with Gasteiger partial charge in [0.15, 0.2) is 17.5 Å². The molecule has 5 nitrogen and oxygen atoms in total. The molecule has 0 fully saturated rings. The van der Waals surface area contributed by atoms with Crippen LogP contribution in [0.2, 0.25) is 0 Å². The van der Waals surface area contributed by atoms with Crippen molar-refractivity contribution in [2.45, 2.75) is 0 Å². The SMILES string of the molecule is [2H]c1c([2H])c([2H])c(-c2nc(-c3c([2H])c([2H])c([2H])c(-c4cccc5c4oc4c(-c6ccccc6)cccc45)c3[2H])nc(-c3c([2H])c([2H])c4c(c3[2H])c3c([2H])c([2H])c([2H])c([2H])c3n4-c3c([2H])c([2H])c([2H])c([2H])c3[2H])n2)c([2H])c1[2H]. The molecule has 0 N–H and O–H groups in total. The number of hydrogen-bond acceptors (Lipinski definition) is 4. The average Bonchev–Trinajstić information content (AvgIpc) is 4.23. The Kier molecular flexibility index (Phi) is 4.01. The lowest BCUT2D eigenvalue weighted by atomic mass is 9.99. The highest BCUT2D eigenvalue weighted by Crippen LogP contribution is 2.41. The van der Waals surface area contributed by atoms with Gasteiger partial charge in [-0.1, -0.05) is 151 Å². The van der Waals surface area contributed by atoms with Crippen LogP contribution in [0.5, 0.6) is 0 Å². The van der Waals surface area contributed by atoms with E-state index < -0.39 is 189 Å². The Hall–Kier alpha value is -7.63. The molecule has 0 unspecified atom stereocenters. The zero-order valence-corrected chi connectivity index (χ0v) is 28.5. The largest absolute Gasteiger partial charge is 0.455 e. The van der Waals surface area contributed by atoms with Gasteiger partial charge in [0.25, 0.3) is 0 Å². The van der Waals surface area contributed by atoms with E-state index in [-0.39, 0.29) is 16.7 Å². The maximum atomic E-state index is 9.84. The zero-order valence-electron chi connectivity index (χ0n) is 49.5. The van der Waals surface area contributed by atoms with E-state index in [9.17, 15) is 8.22 Å². The first-order chi connectivity index (χ1) is 36.5. The molecule has 0 aliphatic carbocycles. The highest BCUT2D eigenvalue weighted by Gasteiger charge is 2.19. The van der Waals surface area contributed by atoms with Crippen LogP contribution in [0.25, 0.3) is 106 Å². The lowest BCUT2D eigenvalue weighted by Gasteiger charge is -2.10. The lowest BCUT2D eigenvalue weighted by Crippen LogP contribution is -2.00. The Balaban J connectivity index is 1.26. The molecule has 0 aliphatic rings. The molecule has 0 amide bonds. The molecule has 3 heterocycles. The third kappa shape index (κ3) is 5.29. The van der Waals surface area contributed by atoms with E-state index in [2.05, 4.69) is 15.0 Å². The van der Waals surface area contributed by atoms with Gasteiger partial charge in [0, 0.05) is 55.0 Å². The fraction of sp³-hybridized carbons (Fsp3) is 0. The van der Waals surface area contributed by atoms with Crippen molar-refractivity contribution < 1.29 is 33.2 Å². The molecular formula is C51H32N4O. The highest BCUT2D eigenvalue weighted by molar-refractivity contribution is 6.13. The van der Waals surface area contributed by atoms with E-state index in [4.69, 9.17) is 25.0 Å². The van der Waals surface area contributed by atoms with Crippen molar-refractivity contribution >= 4 is 43.7 Å². The molecule has 11 rings (SSSR count). The number of para-hydroxylation sites is 4. The summed E-state index contributed by atoms with van der Waals surface area (Å²) in [5.41, 5.74) is -1.50. The highest BCUT2D eigenvalue weighted by atomic mass is 16.3. The van der Waals surface area contributed by atoms with Crippen molar-refractivity contribution in [3.8, 4) is 62.1 Å². The number of furan rings is 1. The summed E-state index contributed by atoms with van der Waals surface area (Å²) < 4.78 is 195. The molecule has 8 aromatic carbocycles. The molecule has 11 aromatic rings. The molecule has 0 radical (unpaired) electrons. The molecule has 0 atom stereocenters. The second-order valence-electron chi connectivity index (χ2n) is 12.4. The molecule has 0 saturated heterocycles. The molecular weight excluding hydrogens is 685 g/mol. The van der Waals surface area contributed by atoms with Gasteiger partial charge >= 0.3 is 0 Å². The summed E-state index contributed by atoms with van der Waals surface area (Å²) >= 11 is 0. The number of rotatable bonds is 6. The summed E-state index contributed by atoms with van der Waals surface area (Å²) in [5.74, 6) is -2.19. The first-order valence-electron chi connectivity index (χ1n) is 27.6. The van der Waals surface area contributed by atoms with E-state index in [1.165, 1.54) is 0 Å². The summed E-state index contributed by atoms with van der Waals surface area (Å²) in [6, 6.07) is 3.01. The van der Waals surface area contributed by atoms with E-state index in [0.29, 0.717) is 16.4 Å². The van der Waals surface area contributed by atoms with Crippen molar-refractivity contribution in [2.24, 2.45) is 0 Å². The van der Waals surface area contributed by atoms with Crippen LogP contribution in [-0.2, 0) is 0 Å². The topological polar surface area (TPSA) is 56.7 Å². The monoisotopic (exact) mass is 737 g/mol. The van der Waals surface area contributed by atoms with E-state index in [0.717, 1.165) is 15.7 Å². The van der Waals surface area contributed by atoms with Crippen molar-refractivity contribution in [1.29, 1.82) is 0 Å². The standard InChI is InChI=1S/C51H32N4O/c1-4-15-33(16-5-1)39-24-13-26-42-43-27-14-25-40(48(43)56-47(39)42)35-19-12-20-36(31-35)50-52-49(34-17-6-2-7-18-34)53-51(54-50)37-29-30-46-44(32-37)41-23-10-11-28-45(41)55(46)38-21-8-3-9-22-38/h1-32H/i2D,3D,6D,7D,8D,9D,10D,11D,12D,17D,18D,19D,20D,21D,22D,23D,28D,29D,30D,31D,32D. The number of aromatic nitrogens is 4. The van der Waals surface area contributed by atoms with Crippen LogP contribution in [0.4, 0.5) is 0 Å². The Morgan fingerprint density at radius 3 is 1.70 bits per heavy atom. The van der Waals surface area contributed by atoms with Crippen molar-refractivity contribution in [1.82, 2.24) is 19.5 Å². The van der Waals surface area contributed by atoms with E-state index in [1.54, 1.807) is 18.2 Å². The van der Waals surface area contributed by atoms with Crippen molar-refractivity contribution in [2.75, 3.05) is 0 Å². The zero-order chi connectivity index (χ0) is 55.3. The Morgan fingerprint density at radius 2 is 0.964 bits per heavy atom. The summed E-state index contributed by atoms with van der Waals surface area (Å²) in [7, 11) is 0. The van der Waals surface area contributed by atoms with Crippen LogP contribution in [0.3, 0.4) is 0 Å². The molecule has 0 aliphatic heterocycles.